The van der Waals surface area contributed by atoms with E-state index < -0.39 is 0 Å². The van der Waals surface area contributed by atoms with E-state index in [1.165, 1.54) is 4.88 Å². The quantitative estimate of drug-likeness (QED) is 0.690. The summed E-state index contributed by atoms with van der Waals surface area (Å²) < 4.78 is 0. The van der Waals surface area contributed by atoms with Gasteiger partial charge in [0.05, 0.1) is 6.54 Å². The molecule has 1 aromatic rings. The van der Waals surface area contributed by atoms with E-state index in [1.54, 1.807) is 11.3 Å². The Balaban J connectivity index is 1.99. The molecule has 0 atom stereocenters. The van der Waals surface area contributed by atoms with Gasteiger partial charge >= 0.3 is 0 Å². The minimum Gasteiger partial charge on any atom is -0.355 e. The lowest BCUT2D eigenvalue weighted by Gasteiger charge is -2.04. The van der Waals surface area contributed by atoms with Crippen molar-refractivity contribution in [3.05, 3.63) is 22.4 Å². The van der Waals surface area contributed by atoms with Crippen molar-refractivity contribution >= 4 is 17.2 Å². The minimum absolute atomic E-state index is 0.0861. The Morgan fingerprint density at radius 3 is 3.00 bits per heavy atom. The van der Waals surface area contributed by atoms with E-state index in [9.17, 15) is 4.79 Å². The van der Waals surface area contributed by atoms with E-state index in [2.05, 4.69) is 22.1 Å². The van der Waals surface area contributed by atoms with Crippen LogP contribution in [0.15, 0.2) is 17.5 Å². The molecule has 0 spiro atoms. The summed E-state index contributed by atoms with van der Waals surface area (Å²) in [5.41, 5.74) is 0. The molecule has 2 N–H and O–H groups in total. The summed E-state index contributed by atoms with van der Waals surface area (Å²) in [6, 6.07) is 4.16. The van der Waals surface area contributed by atoms with E-state index in [1.807, 2.05) is 13.0 Å². The van der Waals surface area contributed by atoms with Crippen LogP contribution in [0.2, 0.25) is 0 Å². The molecule has 1 rings (SSSR count). The molecule has 0 radical (unpaired) electrons. The van der Waals surface area contributed by atoms with Crippen LogP contribution in [-0.2, 0) is 11.2 Å². The zero-order valence-electron chi connectivity index (χ0n) is 9.08. The average Bonchev–Trinajstić information content (AvgIpc) is 2.74. The summed E-state index contributed by atoms with van der Waals surface area (Å²) in [4.78, 5) is 12.6. The third-order valence-corrected chi connectivity index (χ3v) is 2.92. The fourth-order valence-corrected chi connectivity index (χ4v) is 1.90. The standard InChI is InChI=1S/C11H18N2OS/c1-2-6-13-11(14)9-12-7-5-10-4-3-8-15-10/h3-4,8,12H,2,5-7,9H2,1H3,(H,13,14). The molecule has 0 fully saturated rings. The topological polar surface area (TPSA) is 41.1 Å². The van der Waals surface area contributed by atoms with E-state index in [0.717, 1.165) is 25.9 Å². The highest BCUT2D eigenvalue weighted by Gasteiger charge is 1.98. The molecule has 0 bridgehead atoms. The number of nitrogens with one attached hydrogen (secondary N) is 2. The second-order valence-electron chi connectivity index (χ2n) is 3.36. The Hall–Kier alpha value is -0.870. The maximum absolute atomic E-state index is 11.2. The highest BCUT2D eigenvalue weighted by Crippen LogP contribution is 2.07. The zero-order valence-corrected chi connectivity index (χ0v) is 9.90. The van der Waals surface area contributed by atoms with Gasteiger partial charge in [-0.3, -0.25) is 4.79 Å². The van der Waals surface area contributed by atoms with E-state index in [-0.39, 0.29) is 5.91 Å². The first-order valence-electron chi connectivity index (χ1n) is 5.32. The molecule has 3 nitrogen and oxygen atoms in total. The maximum atomic E-state index is 11.2. The summed E-state index contributed by atoms with van der Waals surface area (Å²) in [5.74, 6) is 0.0861. The Morgan fingerprint density at radius 2 is 2.33 bits per heavy atom. The van der Waals surface area contributed by atoms with Crippen LogP contribution >= 0.6 is 11.3 Å². The predicted molar refractivity (Wildman–Crippen MR) is 64.2 cm³/mol. The van der Waals surface area contributed by atoms with Crippen molar-refractivity contribution in [2.75, 3.05) is 19.6 Å². The van der Waals surface area contributed by atoms with Gasteiger partial charge in [0.25, 0.3) is 0 Å². The summed E-state index contributed by atoms with van der Waals surface area (Å²) in [5, 5.41) is 8.03. The summed E-state index contributed by atoms with van der Waals surface area (Å²) in [6.45, 7) is 4.10. The minimum atomic E-state index is 0.0861. The van der Waals surface area contributed by atoms with Gasteiger partial charge in [-0.25, -0.2) is 0 Å². The molecule has 0 aliphatic carbocycles. The number of rotatable bonds is 7. The fraction of sp³-hybridized carbons (Fsp3) is 0.545. The van der Waals surface area contributed by atoms with Crippen molar-refractivity contribution in [3.8, 4) is 0 Å². The van der Waals surface area contributed by atoms with Crippen LogP contribution in [0.1, 0.15) is 18.2 Å². The third kappa shape index (κ3) is 5.54. The van der Waals surface area contributed by atoms with Crippen LogP contribution in [0.4, 0.5) is 0 Å². The predicted octanol–water partition coefficient (Wildman–Crippen LogP) is 1.41. The first-order chi connectivity index (χ1) is 7.33. The molecular formula is C11H18N2OS. The molecule has 0 saturated carbocycles. The van der Waals surface area contributed by atoms with E-state index in [0.29, 0.717) is 6.54 Å². The first-order valence-corrected chi connectivity index (χ1v) is 6.20. The molecule has 0 unspecified atom stereocenters. The smallest absolute Gasteiger partial charge is 0.233 e. The second kappa shape index (κ2) is 7.43. The van der Waals surface area contributed by atoms with Crippen LogP contribution in [0, 0.1) is 0 Å². The number of amides is 1. The van der Waals surface area contributed by atoms with Gasteiger partial charge in [0.1, 0.15) is 0 Å². The van der Waals surface area contributed by atoms with Gasteiger partial charge in [-0.15, -0.1) is 11.3 Å². The van der Waals surface area contributed by atoms with Gasteiger partial charge in [-0.2, -0.15) is 0 Å². The van der Waals surface area contributed by atoms with Gasteiger partial charge in [-0.1, -0.05) is 13.0 Å². The molecular weight excluding hydrogens is 208 g/mol. The number of carbonyl (C=O) groups is 1. The number of thiophene rings is 1. The van der Waals surface area contributed by atoms with Gasteiger partial charge < -0.3 is 10.6 Å². The van der Waals surface area contributed by atoms with Crippen LogP contribution < -0.4 is 10.6 Å². The monoisotopic (exact) mass is 226 g/mol. The number of hydrogen-bond donors (Lipinski definition) is 2. The Kier molecular flexibility index (Phi) is 6.04. The lowest BCUT2D eigenvalue weighted by molar-refractivity contribution is -0.120. The summed E-state index contributed by atoms with van der Waals surface area (Å²) in [7, 11) is 0. The molecule has 0 aromatic carbocycles. The highest BCUT2D eigenvalue weighted by molar-refractivity contribution is 7.09. The van der Waals surface area contributed by atoms with E-state index in [4.69, 9.17) is 0 Å². The number of carbonyl (C=O) groups excluding carboxylic acids is 1. The zero-order chi connectivity index (χ0) is 10.9. The van der Waals surface area contributed by atoms with Crippen LogP contribution in [0.25, 0.3) is 0 Å². The average molecular weight is 226 g/mol. The second-order valence-corrected chi connectivity index (χ2v) is 4.39. The SMILES string of the molecule is CCCNC(=O)CNCCc1cccs1. The van der Waals surface area contributed by atoms with Crippen molar-refractivity contribution in [3.63, 3.8) is 0 Å². The molecule has 1 heterocycles. The van der Waals surface area contributed by atoms with Crippen LogP contribution in [0.3, 0.4) is 0 Å². The molecule has 84 valence electrons. The lowest BCUT2D eigenvalue weighted by Crippen LogP contribution is -2.34. The summed E-state index contributed by atoms with van der Waals surface area (Å²) >= 11 is 1.76. The molecule has 0 saturated heterocycles. The molecule has 1 aromatic heterocycles. The van der Waals surface area contributed by atoms with Gasteiger partial charge in [0.15, 0.2) is 0 Å². The van der Waals surface area contributed by atoms with Gasteiger partial charge in [0, 0.05) is 18.0 Å². The van der Waals surface area contributed by atoms with Gasteiger partial charge in [0.2, 0.25) is 5.91 Å². The fourth-order valence-electron chi connectivity index (χ4n) is 1.20. The molecule has 4 heteroatoms. The molecule has 15 heavy (non-hydrogen) atoms. The third-order valence-electron chi connectivity index (χ3n) is 1.99. The first kappa shape index (κ1) is 12.2. The van der Waals surface area contributed by atoms with Crippen LogP contribution in [0.5, 0.6) is 0 Å². The summed E-state index contributed by atoms with van der Waals surface area (Å²) in [6.07, 6.45) is 1.99. The lowest BCUT2D eigenvalue weighted by atomic mass is 10.3. The normalized spacial score (nSPS) is 10.2. The largest absolute Gasteiger partial charge is 0.355 e. The Bertz CT molecular complexity index is 272. The molecule has 1 amide bonds. The Labute approximate surface area is 94.9 Å². The molecule has 0 aliphatic rings. The van der Waals surface area contributed by atoms with Crippen molar-refractivity contribution in [2.24, 2.45) is 0 Å². The highest BCUT2D eigenvalue weighted by atomic mass is 32.1. The number of hydrogen-bond acceptors (Lipinski definition) is 3. The van der Waals surface area contributed by atoms with Crippen molar-refractivity contribution in [2.45, 2.75) is 19.8 Å². The Morgan fingerprint density at radius 1 is 1.47 bits per heavy atom. The van der Waals surface area contributed by atoms with Crippen molar-refractivity contribution in [1.29, 1.82) is 0 Å². The van der Waals surface area contributed by atoms with Gasteiger partial charge in [-0.05, 0) is 24.3 Å². The molecule has 0 aliphatic heterocycles. The van der Waals surface area contributed by atoms with Crippen molar-refractivity contribution < 1.29 is 4.79 Å². The van der Waals surface area contributed by atoms with Crippen molar-refractivity contribution in [1.82, 2.24) is 10.6 Å². The maximum Gasteiger partial charge on any atom is 0.233 e. The van der Waals surface area contributed by atoms with E-state index >= 15 is 0 Å². The van der Waals surface area contributed by atoms with Crippen LogP contribution in [-0.4, -0.2) is 25.5 Å².